The zero-order valence-corrected chi connectivity index (χ0v) is 15.6. The highest BCUT2D eigenvalue weighted by atomic mass is 16.5. The summed E-state index contributed by atoms with van der Waals surface area (Å²) in [5, 5.41) is 2.95. The Bertz CT molecular complexity index is 611. The van der Waals surface area contributed by atoms with Gasteiger partial charge in [-0.1, -0.05) is 6.92 Å². The van der Waals surface area contributed by atoms with Crippen molar-refractivity contribution in [3.05, 3.63) is 35.4 Å². The van der Waals surface area contributed by atoms with E-state index in [1.54, 1.807) is 24.3 Å². The van der Waals surface area contributed by atoms with Crippen LogP contribution >= 0.6 is 0 Å². The van der Waals surface area contributed by atoms with Gasteiger partial charge in [-0.25, -0.2) is 0 Å². The number of amides is 2. The van der Waals surface area contributed by atoms with Crippen molar-refractivity contribution >= 4 is 11.8 Å². The number of piperidine rings is 1. The second-order valence-corrected chi connectivity index (χ2v) is 7.29. The molecule has 0 bridgehead atoms. The lowest BCUT2D eigenvalue weighted by atomic mass is 9.99. The number of benzene rings is 1. The summed E-state index contributed by atoms with van der Waals surface area (Å²) in [5.74, 6) is 0.531. The minimum atomic E-state index is -0.0937. The zero-order chi connectivity index (χ0) is 18.4. The van der Waals surface area contributed by atoms with E-state index in [1.165, 1.54) is 6.42 Å². The van der Waals surface area contributed by atoms with Gasteiger partial charge < -0.3 is 15.0 Å². The average Bonchev–Trinajstić information content (AvgIpc) is 2.68. The normalized spacial score (nSPS) is 21.4. The molecule has 2 fully saturated rings. The Hall–Kier alpha value is -1.92. The van der Waals surface area contributed by atoms with Crippen molar-refractivity contribution in [2.24, 2.45) is 5.92 Å². The molecule has 1 unspecified atom stereocenters. The smallest absolute Gasteiger partial charge is 0.253 e. The number of hydrogen-bond acceptors (Lipinski definition) is 4. The molecule has 1 N–H and O–H groups in total. The van der Waals surface area contributed by atoms with Crippen LogP contribution < -0.4 is 5.32 Å². The molecule has 0 radical (unpaired) electrons. The SMILES string of the molecule is CC1CCCN(C(=O)c2ccc(C(=O)NCCN3CCOCC3)cc2)C1. The molecule has 0 aromatic heterocycles. The molecule has 2 amide bonds. The summed E-state index contributed by atoms with van der Waals surface area (Å²) in [6, 6.07) is 7.01. The van der Waals surface area contributed by atoms with Gasteiger partial charge in [0.05, 0.1) is 13.2 Å². The van der Waals surface area contributed by atoms with E-state index >= 15 is 0 Å². The molecule has 6 heteroatoms. The van der Waals surface area contributed by atoms with Crippen molar-refractivity contribution in [2.45, 2.75) is 19.8 Å². The van der Waals surface area contributed by atoms with E-state index in [2.05, 4.69) is 17.1 Å². The fourth-order valence-electron chi connectivity index (χ4n) is 3.57. The van der Waals surface area contributed by atoms with Gasteiger partial charge in [0.25, 0.3) is 11.8 Å². The van der Waals surface area contributed by atoms with Crippen molar-refractivity contribution in [1.82, 2.24) is 15.1 Å². The third-order valence-corrected chi connectivity index (χ3v) is 5.16. The lowest BCUT2D eigenvalue weighted by molar-refractivity contribution is 0.0383. The molecular formula is C20H29N3O3. The molecule has 2 aliphatic rings. The summed E-state index contributed by atoms with van der Waals surface area (Å²) in [6.07, 6.45) is 2.25. The molecular weight excluding hydrogens is 330 g/mol. The topological polar surface area (TPSA) is 61.9 Å². The lowest BCUT2D eigenvalue weighted by Gasteiger charge is -2.31. The monoisotopic (exact) mass is 359 g/mol. The molecule has 1 aromatic rings. The maximum Gasteiger partial charge on any atom is 0.253 e. The average molecular weight is 359 g/mol. The summed E-state index contributed by atoms with van der Waals surface area (Å²) >= 11 is 0. The maximum atomic E-state index is 12.6. The second-order valence-electron chi connectivity index (χ2n) is 7.29. The van der Waals surface area contributed by atoms with Gasteiger partial charge >= 0.3 is 0 Å². The summed E-state index contributed by atoms with van der Waals surface area (Å²) in [5.41, 5.74) is 1.25. The number of rotatable bonds is 5. The van der Waals surface area contributed by atoms with Crippen LogP contribution in [0.25, 0.3) is 0 Å². The number of nitrogens with one attached hydrogen (secondary N) is 1. The van der Waals surface area contributed by atoms with E-state index in [0.717, 1.165) is 52.4 Å². The Morgan fingerprint density at radius 2 is 1.81 bits per heavy atom. The van der Waals surface area contributed by atoms with Gasteiger partial charge in [-0.05, 0) is 43.0 Å². The third kappa shape index (κ3) is 5.05. The largest absolute Gasteiger partial charge is 0.379 e. The van der Waals surface area contributed by atoms with Gasteiger partial charge in [0, 0.05) is 50.4 Å². The van der Waals surface area contributed by atoms with E-state index in [-0.39, 0.29) is 11.8 Å². The molecule has 2 aliphatic heterocycles. The summed E-state index contributed by atoms with van der Waals surface area (Å²) in [6.45, 7) is 8.64. The maximum absolute atomic E-state index is 12.6. The van der Waals surface area contributed by atoms with Crippen LogP contribution in [-0.4, -0.2) is 74.1 Å². The first kappa shape index (κ1) is 18.9. The van der Waals surface area contributed by atoms with Gasteiger partial charge in [-0.15, -0.1) is 0 Å². The standard InChI is InChI=1S/C20H29N3O3/c1-16-3-2-9-23(15-16)20(25)18-6-4-17(5-7-18)19(24)21-8-10-22-11-13-26-14-12-22/h4-7,16H,2-3,8-15H2,1H3,(H,21,24). The Kier molecular flexibility index (Phi) is 6.63. The minimum absolute atomic E-state index is 0.0656. The van der Waals surface area contributed by atoms with Gasteiger partial charge in [0.2, 0.25) is 0 Å². The first-order chi connectivity index (χ1) is 12.6. The van der Waals surface area contributed by atoms with Crippen LogP contribution in [0.4, 0.5) is 0 Å². The molecule has 26 heavy (non-hydrogen) atoms. The summed E-state index contributed by atoms with van der Waals surface area (Å²) in [4.78, 5) is 29.1. The highest BCUT2D eigenvalue weighted by Gasteiger charge is 2.22. The number of carbonyl (C=O) groups is 2. The second kappa shape index (κ2) is 9.14. The van der Waals surface area contributed by atoms with Crippen LogP contribution in [-0.2, 0) is 4.74 Å². The van der Waals surface area contributed by atoms with Crippen molar-refractivity contribution < 1.29 is 14.3 Å². The quantitative estimate of drug-likeness (QED) is 0.868. The number of likely N-dealkylation sites (tertiary alicyclic amines) is 1. The molecule has 1 aromatic carbocycles. The van der Waals surface area contributed by atoms with Gasteiger partial charge in [0.15, 0.2) is 0 Å². The van der Waals surface area contributed by atoms with Crippen molar-refractivity contribution in [1.29, 1.82) is 0 Å². The predicted octanol–water partition coefficient (Wildman–Crippen LogP) is 1.62. The van der Waals surface area contributed by atoms with Crippen LogP contribution in [0.3, 0.4) is 0 Å². The molecule has 0 saturated carbocycles. The fourth-order valence-corrected chi connectivity index (χ4v) is 3.57. The van der Waals surface area contributed by atoms with E-state index < -0.39 is 0 Å². The Balaban J connectivity index is 1.48. The highest BCUT2D eigenvalue weighted by molar-refractivity contribution is 5.97. The van der Waals surface area contributed by atoms with Gasteiger partial charge in [-0.3, -0.25) is 14.5 Å². The van der Waals surface area contributed by atoms with E-state index in [4.69, 9.17) is 4.74 Å². The molecule has 142 valence electrons. The first-order valence-corrected chi connectivity index (χ1v) is 9.61. The minimum Gasteiger partial charge on any atom is -0.379 e. The number of morpholine rings is 1. The van der Waals surface area contributed by atoms with Crippen molar-refractivity contribution in [3.8, 4) is 0 Å². The third-order valence-electron chi connectivity index (χ3n) is 5.16. The van der Waals surface area contributed by atoms with E-state index in [9.17, 15) is 9.59 Å². The van der Waals surface area contributed by atoms with Crippen molar-refractivity contribution in [3.63, 3.8) is 0 Å². The molecule has 0 aliphatic carbocycles. The number of ether oxygens (including phenoxy) is 1. The van der Waals surface area contributed by atoms with Crippen LogP contribution in [0.2, 0.25) is 0 Å². The molecule has 3 rings (SSSR count). The van der Waals surface area contributed by atoms with Crippen LogP contribution in [0, 0.1) is 5.92 Å². The number of carbonyl (C=O) groups excluding carboxylic acids is 2. The molecule has 2 heterocycles. The first-order valence-electron chi connectivity index (χ1n) is 9.61. The molecule has 0 spiro atoms. The lowest BCUT2D eigenvalue weighted by Crippen LogP contribution is -2.41. The van der Waals surface area contributed by atoms with E-state index in [0.29, 0.717) is 23.6 Å². The number of hydrogen-bond donors (Lipinski definition) is 1. The van der Waals surface area contributed by atoms with Crippen molar-refractivity contribution in [2.75, 3.05) is 52.5 Å². The van der Waals surface area contributed by atoms with E-state index in [1.807, 2.05) is 4.90 Å². The Labute approximate surface area is 155 Å². The molecule has 1 atom stereocenters. The van der Waals surface area contributed by atoms with Crippen LogP contribution in [0.1, 0.15) is 40.5 Å². The highest BCUT2D eigenvalue weighted by Crippen LogP contribution is 2.18. The predicted molar refractivity (Wildman–Crippen MR) is 100 cm³/mol. The Morgan fingerprint density at radius 3 is 2.50 bits per heavy atom. The summed E-state index contributed by atoms with van der Waals surface area (Å²) < 4.78 is 5.32. The fraction of sp³-hybridized carbons (Fsp3) is 0.600. The molecule has 6 nitrogen and oxygen atoms in total. The Morgan fingerprint density at radius 1 is 1.12 bits per heavy atom. The molecule has 2 saturated heterocycles. The van der Waals surface area contributed by atoms with Gasteiger partial charge in [0.1, 0.15) is 0 Å². The van der Waals surface area contributed by atoms with Gasteiger partial charge in [-0.2, -0.15) is 0 Å². The summed E-state index contributed by atoms with van der Waals surface area (Å²) in [7, 11) is 0. The van der Waals surface area contributed by atoms with Crippen LogP contribution in [0.15, 0.2) is 24.3 Å². The number of nitrogens with zero attached hydrogens (tertiary/aromatic N) is 2. The van der Waals surface area contributed by atoms with Crippen LogP contribution in [0.5, 0.6) is 0 Å². The zero-order valence-electron chi connectivity index (χ0n) is 15.6.